The molecule has 2 rings (SSSR count). The van der Waals surface area contributed by atoms with E-state index in [0.717, 1.165) is 25.7 Å². The minimum Gasteiger partial charge on any atom is -0.466 e. The summed E-state index contributed by atoms with van der Waals surface area (Å²) in [5, 5.41) is 3.98. The molecule has 1 aromatic heterocycles. The van der Waals surface area contributed by atoms with Gasteiger partial charge >= 0.3 is 5.97 Å². The number of nitrogens with zero attached hydrogens (tertiary/aromatic N) is 2. The minimum atomic E-state index is -0.450. The Morgan fingerprint density at radius 1 is 1.37 bits per heavy atom. The molecule has 0 aliphatic heterocycles. The molecule has 1 heterocycles. The Hall–Kier alpha value is -1.43. The Balaban J connectivity index is 2.08. The van der Waals surface area contributed by atoms with Gasteiger partial charge in [-0.1, -0.05) is 24.4 Å². The van der Waals surface area contributed by atoms with Crippen molar-refractivity contribution in [2.24, 2.45) is 0 Å². The molecule has 1 aromatic rings. The first-order chi connectivity index (χ1) is 9.20. The van der Waals surface area contributed by atoms with E-state index in [1.165, 1.54) is 6.42 Å². The van der Waals surface area contributed by atoms with E-state index in [2.05, 4.69) is 10.1 Å². The van der Waals surface area contributed by atoms with Crippen molar-refractivity contribution in [2.45, 2.75) is 51.0 Å². The molecular weight excluding hydrogens is 248 g/mol. The van der Waals surface area contributed by atoms with Crippen LogP contribution in [0.25, 0.3) is 0 Å². The van der Waals surface area contributed by atoms with Crippen LogP contribution in [0, 0.1) is 0 Å². The average Bonchev–Trinajstić information content (AvgIpc) is 2.89. The van der Waals surface area contributed by atoms with Gasteiger partial charge in [0, 0.05) is 7.11 Å². The smallest absolute Gasteiger partial charge is 0.315 e. The van der Waals surface area contributed by atoms with Gasteiger partial charge in [0.15, 0.2) is 0 Å². The maximum atomic E-state index is 11.4. The summed E-state index contributed by atoms with van der Waals surface area (Å²) >= 11 is 0. The number of rotatable bonds is 5. The molecule has 0 N–H and O–H groups in total. The quantitative estimate of drug-likeness (QED) is 0.760. The molecule has 0 saturated heterocycles. The van der Waals surface area contributed by atoms with E-state index in [-0.39, 0.29) is 18.3 Å². The zero-order valence-corrected chi connectivity index (χ0v) is 11.5. The van der Waals surface area contributed by atoms with Crippen LogP contribution >= 0.6 is 0 Å². The van der Waals surface area contributed by atoms with Crippen LogP contribution in [-0.2, 0) is 26.3 Å². The first-order valence-corrected chi connectivity index (χ1v) is 6.74. The van der Waals surface area contributed by atoms with Crippen molar-refractivity contribution >= 4 is 5.97 Å². The monoisotopic (exact) mass is 268 g/mol. The highest BCUT2D eigenvalue weighted by Crippen LogP contribution is 2.38. The van der Waals surface area contributed by atoms with Gasteiger partial charge in [0.2, 0.25) is 11.7 Å². The van der Waals surface area contributed by atoms with Crippen molar-refractivity contribution in [2.75, 3.05) is 13.7 Å². The molecule has 0 unspecified atom stereocenters. The Bertz CT molecular complexity index is 424. The van der Waals surface area contributed by atoms with E-state index >= 15 is 0 Å². The van der Waals surface area contributed by atoms with E-state index in [1.807, 2.05) is 0 Å². The highest BCUT2D eigenvalue weighted by Gasteiger charge is 2.38. The van der Waals surface area contributed by atoms with Gasteiger partial charge in [-0.3, -0.25) is 4.79 Å². The zero-order chi connectivity index (χ0) is 13.7. The Morgan fingerprint density at radius 2 is 2.11 bits per heavy atom. The molecule has 0 bridgehead atoms. The predicted molar refractivity (Wildman–Crippen MR) is 66.4 cm³/mol. The van der Waals surface area contributed by atoms with Crippen LogP contribution in [0.3, 0.4) is 0 Å². The van der Waals surface area contributed by atoms with Crippen LogP contribution in [0.5, 0.6) is 0 Å². The van der Waals surface area contributed by atoms with Crippen LogP contribution in [0.1, 0.15) is 50.7 Å². The van der Waals surface area contributed by atoms with Crippen LogP contribution < -0.4 is 0 Å². The molecule has 6 nitrogen and oxygen atoms in total. The number of esters is 1. The molecule has 0 spiro atoms. The van der Waals surface area contributed by atoms with E-state index in [4.69, 9.17) is 14.0 Å². The molecule has 1 saturated carbocycles. The van der Waals surface area contributed by atoms with Gasteiger partial charge in [-0.05, 0) is 19.8 Å². The zero-order valence-electron chi connectivity index (χ0n) is 11.5. The first kappa shape index (κ1) is 14.0. The molecule has 1 fully saturated rings. The summed E-state index contributed by atoms with van der Waals surface area (Å²) in [7, 11) is 1.67. The van der Waals surface area contributed by atoms with Gasteiger partial charge in [-0.2, -0.15) is 4.98 Å². The Morgan fingerprint density at radius 3 is 2.74 bits per heavy atom. The third kappa shape index (κ3) is 3.12. The van der Waals surface area contributed by atoms with E-state index in [9.17, 15) is 4.79 Å². The lowest BCUT2D eigenvalue weighted by molar-refractivity contribution is -0.142. The second-order valence-electron chi connectivity index (χ2n) is 4.75. The number of ether oxygens (including phenoxy) is 2. The van der Waals surface area contributed by atoms with Crippen molar-refractivity contribution in [3.05, 3.63) is 11.7 Å². The molecule has 0 atom stereocenters. The predicted octanol–water partition coefficient (Wildman–Crippen LogP) is 1.98. The molecule has 0 radical (unpaired) electrons. The standard InChI is InChI=1S/C13H20N2O4/c1-3-18-11(16)9-10-14-12(15-19-10)13(17-2)7-5-4-6-8-13/h3-9H2,1-2H3. The molecule has 1 aliphatic rings. The lowest BCUT2D eigenvalue weighted by Crippen LogP contribution is -2.32. The molecular formula is C13H20N2O4. The highest BCUT2D eigenvalue weighted by atomic mass is 16.5. The van der Waals surface area contributed by atoms with Crippen LogP contribution in [0.2, 0.25) is 0 Å². The van der Waals surface area contributed by atoms with Crippen molar-refractivity contribution in [3.63, 3.8) is 0 Å². The lowest BCUT2D eigenvalue weighted by Gasteiger charge is -2.32. The topological polar surface area (TPSA) is 74.5 Å². The van der Waals surface area contributed by atoms with Crippen LogP contribution in [0.4, 0.5) is 0 Å². The van der Waals surface area contributed by atoms with Crippen LogP contribution in [-0.4, -0.2) is 29.8 Å². The second-order valence-corrected chi connectivity index (χ2v) is 4.75. The number of carbonyl (C=O) groups excluding carboxylic acids is 1. The van der Waals surface area contributed by atoms with Crippen molar-refractivity contribution in [1.29, 1.82) is 0 Å². The van der Waals surface area contributed by atoms with Crippen molar-refractivity contribution < 1.29 is 18.8 Å². The largest absolute Gasteiger partial charge is 0.466 e. The summed E-state index contributed by atoms with van der Waals surface area (Å²) in [6.45, 7) is 2.11. The van der Waals surface area contributed by atoms with Gasteiger partial charge in [0.25, 0.3) is 0 Å². The summed E-state index contributed by atoms with van der Waals surface area (Å²) < 4.78 is 15.6. The van der Waals surface area contributed by atoms with Gasteiger partial charge in [-0.15, -0.1) is 0 Å². The molecule has 19 heavy (non-hydrogen) atoms. The lowest BCUT2D eigenvalue weighted by atomic mass is 9.84. The maximum Gasteiger partial charge on any atom is 0.315 e. The second kappa shape index (κ2) is 6.14. The Labute approximate surface area is 112 Å². The summed E-state index contributed by atoms with van der Waals surface area (Å²) in [5.74, 6) is 0.484. The van der Waals surface area contributed by atoms with Gasteiger partial charge in [-0.25, -0.2) is 0 Å². The van der Waals surface area contributed by atoms with E-state index in [1.54, 1.807) is 14.0 Å². The SMILES string of the molecule is CCOC(=O)Cc1nc(C2(OC)CCCCC2)no1. The number of aromatic nitrogens is 2. The molecule has 0 amide bonds. The summed E-state index contributed by atoms with van der Waals surface area (Å²) in [6.07, 6.45) is 5.19. The van der Waals surface area contributed by atoms with Gasteiger partial charge in [0.1, 0.15) is 12.0 Å². The van der Waals surface area contributed by atoms with Crippen LogP contribution in [0.15, 0.2) is 4.52 Å². The number of carbonyl (C=O) groups is 1. The normalized spacial score (nSPS) is 18.2. The van der Waals surface area contributed by atoms with E-state index in [0.29, 0.717) is 12.4 Å². The summed E-state index contributed by atoms with van der Waals surface area (Å²) in [4.78, 5) is 15.7. The van der Waals surface area contributed by atoms with Crippen molar-refractivity contribution in [3.8, 4) is 0 Å². The number of hydrogen-bond acceptors (Lipinski definition) is 6. The third-order valence-electron chi connectivity index (χ3n) is 3.53. The maximum absolute atomic E-state index is 11.4. The van der Waals surface area contributed by atoms with E-state index < -0.39 is 5.60 Å². The fourth-order valence-electron chi connectivity index (χ4n) is 2.49. The summed E-state index contributed by atoms with van der Waals surface area (Å²) in [6, 6.07) is 0. The van der Waals surface area contributed by atoms with Gasteiger partial charge < -0.3 is 14.0 Å². The first-order valence-electron chi connectivity index (χ1n) is 6.74. The molecule has 6 heteroatoms. The third-order valence-corrected chi connectivity index (χ3v) is 3.53. The number of hydrogen-bond donors (Lipinski definition) is 0. The molecule has 106 valence electrons. The summed E-state index contributed by atoms with van der Waals surface area (Å²) in [5.41, 5.74) is -0.450. The Kier molecular flexibility index (Phi) is 4.52. The fourth-order valence-corrected chi connectivity index (χ4v) is 2.49. The fraction of sp³-hybridized carbons (Fsp3) is 0.769. The minimum absolute atomic E-state index is 0.0145. The average molecular weight is 268 g/mol. The van der Waals surface area contributed by atoms with Crippen molar-refractivity contribution in [1.82, 2.24) is 10.1 Å². The highest BCUT2D eigenvalue weighted by molar-refractivity contribution is 5.71. The molecule has 1 aliphatic carbocycles. The molecule has 0 aromatic carbocycles. The number of methoxy groups -OCH3 is 1. The van der Waals surface area contributed by atoms with Gasteiger partial charge in [0.05, 0.1) is 6.61 Å².